The van der Waals surface area contributed by atoms with Gasteiger partial charge in [0.05, 0.1) is 10.4 Å². The summed E-state index contributed by atoms with van der Waals surface area (Å²) in [6, 6.07) is 15.5. The maximum atomic E-state index is 12.2. The SMILES string of the molecule is NC(=O)Nc1cccc(C(=O)OCc2cnc(-c3ccccc3)s2)c1. The Morgan fingerprint density at radius 3 is 2.68 bits per heavy atom. The van der Waals surface area contributed by atoms with Gasteiger partial charge >= 0.3 is 12.0 Å². The number of urea groups is 1. The smallest absolute Gasteiger partial charge is 0.338 e. The Morgan fingerprint density at radius 1 is 1.12 bits per heavy atom. The minimum atomic E-state index is -0.691. The summed E-state index contributed by atoms with van der Waals surface area (Å²) in [5.74, 6) is -0.484. The minimum Gasteiger partial charge on any atom is -0.456 e. The second-order valence-electron chi connectivity index (χ2n) is 5.14. The fourth-order valence-corrected chi connectivity index (χ4v) is 3.01. The molecule has 6 nitrogen and oxygen atoms in total. The summed E-state index contributed by atoms with van der Waals surface area (Å²) in [7, 11) is 0. The zero-order valence-electron chi connectivity index (χ0n) is 13.1. The molecule has 0 atom stereocenters. The summed E-state index contributed by atoms with van der Waals surface area (Å²) in [5.41, 5.74) is 6.86. The Bertz CT molecular complexity index is 893. The number of carbonyl (C=O) groups is 2. The zero-order chi connectivity index (χ0) is 17.6. The summed E-state index contributed by atoms with van der Waals surface area (Å²) >= 11 is 1.47. The Labute approximate surface area is 148 Å². The fraction of sp³-hybridized carbons (Fsp3) is 0.0556. The molecular weight excluding hydrogens is 338 g/mol. The van der Waals surface area contributed by atoms with Crippen LogP contribution in [0, 0.1) is 0 Å². The van der Waals surface area contributed by atoms with Gasteiger partial charge in [-0.15, -0.1) is 11.3 Å². The van der Waals surface area contributed by atoms with Crippen LogP contribution >= 0.6 is 11.3 Å². The summed E-state index contributed by atoms with van der Waals surface area (Å²) in [5, 5.41) is 3.29. The highest BCUT2D eigenvalue weighted by Crippen LogP contribution is 2.25. The Morgan fingerprint density at radius 2 is 1.92 bits per heavy atom. The first kappa shape index (κ1) is 16.7. The first-order valence-corrected chi connectivity index (χ1v) is 8.27. The van der Waals surface area contributed by atoms with Crippen LogP contribution in [0.15, 0.2) is 60.8 Å². The summed E-state index contributed by atoms with van der Waals surface area (Å²) < 4.78 is 5.31. The van der Waals surface area contributed by atoms with Gasteiger partial charge < -0.3 is 15.8 Å². The van der Waals surface area contributed by atoms with Gasteiger partial charge in [0.1, 0.15) is 11.6 Å². The van der Waals surface area contributed by atoms with Gasteiger partial charge in [0.2, 0.25) is 0 Å². The number of hydrogen-bond acceptors (Lipinski definition) is 5. The molecule has 25 heavy (non-hydrogen) atoms. The van der Waals surface area contributed by atoms with Crippen molar-refractivity contribution in [2.75, 3.05) is 5.32 Å². The normalized spacial score (nSPS) is 10.2. The molecule has 1 heterocycles. The van der Waals surface area contributed by atoms with Crippen molar-refractivity contribution in [3.8, 4) is 10.6 Å². The lowest BCUT2D eigenvalue weighted by atomic mass is 10.2. The van der Waals surface area contributed by atoms with Gasteiger partial charge in [-0.1, -0.05) is 36.4 Å². The Balaban J connectivity index is 1.63. The summed E-state index contributed by atoms with van der Waals surface area (Å²) in [6.45, 7) is 0.136. The van der Waals surface area contributed by atoms with Gasteiger partial charge in [0, 0.05) is 17.4 Å². The van der Waals surface area contributed by atoms with E-state index in [1.54, 1.807) is 24.4 Å². The number of hydrogen-bond donors (Lipinski definition) is 2. The van der Waals surface area contributed by atoms with Gasteiger partial charge in [-0.25, -0.2) is 14.6 Å². The first-order valence-electron chi connectivity index (χ1n) is 7.45. The Hall–Kier alpha value is -3.19. The average molecular weight is 353 g/mol. The molecule has 0 aliphatic carbocycles. The number of nitrogens with two attached hydrogens (primary N) is 1. The van der Waals surface area contributed by atoms with Crippen molar-refractivity contribution in [3.63, 3.8) is 0 Å². The van der Waals surface area contributed by atoms with Crippen LogP contribution in [-0.4, -0.2) is 17.0 Å². The number of rotatable bonds is 5. The standard InChI is InChI=1S/C18H15N3O3S/c19-18(23)21-14-8-4-7-13(9-14)17(22)24-11-15-10-20-16(25-15)12-5-2-1-3-6-12/h1-10H,11H2,(H3,19,21,23). The molecule has 0 aliphatic rings. The molecule has 7 heteroatoms. The van der Waals surface area contributed by atoms with Crippen LogP contribution in [0.25, 0.3) is 10.6 Å². The zero-order valence-corrected chi connectivity index (χ0v) is 14.0. The van der Waals surface area contributed by atoms with Gasteiger partial charge in [-0.05, 0) is 18.2 Å². The quantitative estimate of drug-likeness (QED) is 0.685. The average Bonchev–Trinajstić information content (AvgIpc) is 3.09. The van der Waals surface area contributed by atoms with Crippen LogP contribution in [0.3, 0.4) is 0 Å². The number of aromatic nitrogens is 1. The molecule has 3 aromatic rings. The number of ether oxygens (including phenoxy) is 1. The lowest BCUT2D eigenvalue weighted by Gasteiger charge is -2.05. The topological polar surface area (TPSA) is 94.3 Å². The van der Waals surface area contributed by atoms with E-state index in [9.17, 15) is 9.59 Å². The van der Waals surface area contributed by atoms with E-state index in [1.165, 1.54) is 17.4 Å². The number of anilines is 1. The van der Waals surface area contributed by atoms with E-state index in [2.05, 4.69) is 10.3 Å². The summed E-state index contributed by atoms with van der Waals surface area (Å²) in [4.78, 5) is 28.2. The number of amides is 2. The van der Waals surface area contributed by atoms with Crippen LogP contribution in [0.5, 0.6) is 0 Å². The van der Waals surface area contributed by atoms with E-state index in [0.29, 0.717) is 11.3 Å². The number of nitrogens with zero attached hydrogens (tertiary/aromatic N) is 1. The van der Waals surface area contributed by atoms with Crippen LogP contribution < -0.4 is 11.1 Å². The maximum Gasteiger partial charge on any atom is 0.338 e. The van der Waals surface area contributed by atoms with E-state index in [0.717, 1.165) is 15.4 Å². The largest absolute Gasteiger partial charge is 0.456 e. The van der Waals surface area contributed by atoms with E-state index < -0.39 is 12.0 Å². The molecule has 2 aromatic carbocycles. The van der Waals surface area contributed by atoms with Crippen molar-refractivity contribution in [3.05, 3.63) is 71.2 Å². The molecular formula is C18H15N3O3S. The number of thiazole rings is 1. The predicted molar refractivity (Wildman–Crippen MR) is 96.3 cm³/mol. The third-order valence-electron chi connectivity index (χ3n) is 3.29. The number of nitrogens with one attached hydrogen (secondary N) is 1. The first-order chi connectivity index (χ1) is 12.1. The molecule has 0 spiro atoms. The molecule has 2 amide bonds. The molecule has 3 N–H and O–H groups in total. The van der Waals surface area contributed by atoms with Crippen LogP contribution in [-0.2, 0) is 11.3 Å². The van der Waals surface area contributed by atoms with Crippen molar-refractivity contribution in [1.82, 2.24) is 4.98 Å². The van der Waals surface area contributed by atoms with Gasteiger partial charge in [0.25, 0.3) is 0 Å². The lowest BCUT2D eigenvalue weighted by molar-refractivity contribution is 0.0476. The number of carbonyl (C=O) groups excluding carboxylic acids is 2. The monoisotopic (exact) mass is 353 g/mol. The Kier molecular flexibility index (Phi) is 5.06. The molecule has 0 saturated carbocycles. The van der Waals surface area contributed by atoms with Crippen molar-refractivity contribution >= 4 is 29.0 Å². The maximum absolute atomic E-state index is 12.2. The molecule has 0 fully saturated rings. The molecule has 0 bridgehead atoms. The van der Waals surface area contributed by atoms with Gasteiger partial charge in [-0.2, -0.15) is 0 Å². The lowest BCUT2D eigenvalue weighted by Crippen LogP contribution is -2.19. The van der Waals surface area contributed by atoms with Gasteiger partial charge in [-0.3, -0.25) is 0 Å². The molecule has 0 saturated heterocycles. The third-order valence-corrected chi connectivity index (χ3v) is 4.31. The number of benzene rings is 2. The number of esters is 1. The highest BCUT2D eigenvalue weighted by atomic mass is 32.1. The highest BCUT2D eigenvalue weighted by molar-refractivity contribution is 7.15. The van der Waals surface area contributed by atoms with E-state index in [4.69, 9.17) is 10.5 Å². The van der Waals surface area contributed by atoms with Crippen molar-refractivity contribution in [2.45, 2.75) is 6.61 Å². The highest BCUT2D eigenvalue weighted by Gasteiger charge is 2.11. The molecule has 0 unspecified atom stereocenters. The van der Waals surface area contributed by atoms with Crippen molar-refractivity contribution in [2.24, 2.45) is 5.73 Å². The van der Waals surface area contributed by atoms with Crippen LogP contribution in [0.1, 0.15) is 15.2 Å². The predicted octanol–water partition coefficient (Wildman–Crippen LogP) is 3.66. The van der Waals surface area contributed by atoms with E-state index in [-0.39, 0.29) is 6.61 Å². The molecule has 3 rings (SSSR count). The second kappa shape index (κ2) is 7.59. The third kappa shape index (κ3) is 4.42. The molecule has 0 aliphatic heterocycles. The minimum absolute atomic E-state index is 0.136. The molecule has 0 radical (unpaired) electrons. The second-order valence-corrected chi connectivity index (χ2v) is 6.26. The fourth-order valence-electron chi connectivity index (χ4n) is 2.17. The summed E-state index contributed by atoms with van der Waals surface area (Å²) in [6.07, 6.45) is 1.70. The van der Waals surface area contributed by atoms with E-state index >= 15 is 0 Å². The van der Waals surface area contributed by atoms with Gasteiger partial charge in [0.15, 0.2) is 0 Å². The van der Waals surface area contributed by atoms with Crippen molar-refractivity contribution < 1.29 is 14.3 Å². The molecule has 126 valence electrons. The molecule has 1 aromatic heterocycles. The van der Waals surface area contributed by atoms with Crippen LogP contribution in [0.2, 0.25) is 0 Å². The van der Waals surface area contributed by atoms with Crippen LogP contribution in [0.4, 0.5) is 10.5 Å². The number of primary amides is 1. The van der Waals surface area contributed by atoms with Crippen molar-refractivity contribution in [1.29, 1.82) is 0 Å². The van der Waals surface area contributed by atoms with E-state index in [1.807, 2.05) is 30.3 Å².